The summed E-state index contributed by atoms with van der Waals surface area (Å²) in [5, 5.41) is 0. The van der Waals surface area contributed by atoms with Crippen molar-refractivity contribution in [3.05, 3.63) is 0 Å². The van der Waals surface area contributed by atoms with Crippen molar-refractivity contribution in [2.75, 3.05) is 12.3 Å². The Morgan fingerprint density at radius 1 is 1.17 bits per heavy atom. The lowest BCUT2D eigenvalue weighted by molar-refractivity contribution is -0.141. The summed E-state index contributed by atoms with van der Waals surface area (Å²) in [7, 11) is 0. The SMILES string of the molecule is CC(C)(C)SC[C@H]1CCCCN1C(=O)C1CCC1. The Morgan fingerprint density at radius 2 is 1.89 bits per heavy atom. The highest BCUT2D eigenvalue weighted by Crippen LogP contribution is 2.33. The van der Waals surface area contributed by atoms with Crippen LogP contribution in [0.15, 0.2) is 0 Å². The number of thioether (sulfide) groups is 1. The number of rotatable bonds is 3. The zero-order valence-electron chi connectivity index (χ0n) is 12.1. The number of carbonyl (C=O) groups excluding carboxylic acids is 1. The molecule has 0 aromatic rings. The number of likely N-dealkylation sites (tertiary alicyclic amines) is 1. The third-order valence-electron chi connectivity index (χ3n) is 4.07. The monoisotopic (exact) mass is 269 g/mol. The molecule has 1 heterocycles. The fraction of sp³-hybridized carbons (Fsp3) is 0.933. The van der Waals surface area contributed by atoms with Crippen molar-refractivity contribution in [3.63, 3.8) is 0 Å². The van der Waals surface area contributed by atoms with Gasteiger partial charge in [0, 0.05) is 29.0 Å². The van der Waals surface area contributed by atoms with Gasteiger partial charge in [0.1, 0.15) is 0 Å². The van der Waals surface area contributed by atoms with Crippen molar-refractivity contribution in [2.45, 2.75) is 70.1 Å². The molecular formula is C15H27NOS. The molecular weight excluding hydrogens is 242 g/mol. The summed E-state index contributed by atoms with van der Waals surface area (Å²) in [6, 6.07) is 0.496. The maximum absolute atomic E-state index is 12.4. The first-order valence-corrected chi connectivity index (χ1v) is 8.40. The van der Waals surface area contributed by atoms with Gasteiger partial charge in [-0.2, -0.15) is 11.8 Å². The topological polar surface area (TPSA) is 20.3 Å². The molecule has 2 aliphatic rings. The van der Waals surface area contributed by atoms with Crippen LogP contribution in [0.1, 0.15) is 59.3 Å². The molecule has 2 nitrogen and oxygen atoms in total. The third-order valence-corrected chi connectivity index (χ3v) is 5.49. The minimum absolute atomic E-state index is 0.308. The first kappa shape index (κ1) is 14.2. The van der Waals surface area contributed by atoms with Crippen molar-refractivity contribution in [1.29, 1.82) is 0 Å². The molecule has 18 heavy (non-hydrogen) atoms. The molecule has 1 atom stereocenters. The van der Waals surface area contributed by atoms with Gasteiger partial charge in [0.25, 0.3) is 0 Å². The first-order valence-electron chi connectivity index (χ1n) is 7.42. The summed E-state index contributed by atoms with van der Waals surface area (Å²) in [5.41, 5.74) is 0. The van der Waals surface area contributed by atoms with Gasteiger partial charge in [-0.1, -0.05) is 27.2 Å². The molecule has 1 aliphatic carbocycles. The van der Waals surface area contributed by atoms with E-state index in [0.29, 0.717) is 22.6 Å². The van der Waals surface area contributed by atoms with Crippen LogP contribution in [-0.4, -0.2) is 33.9 Å². The van der Waals surface area contributed by atoms with E-state index in [0.717, 1.165) is 25.1 Å². The molecule has 0 aromatic heterocycles. The van der Waals surface area contributed by atoms with E-state index in [-0.39, 0.29) is 0 Å². The van der Waals surface area contributed by atoms with Gasteiger partial charge in [-0.3, -0.25) is 4.79 Å². The molecule has 2 rings (SSSR count). The van der Waals surface area contributed by atoms with Crippen LogP contribution in [0.3, 0.4) is 0 Å². The second-order valence-corrected chi connectivity index (χ2v) is 8.58. The largest absolute Gasteiger partial charge is 0.339 e. The third kappa shape index (κ3) is 3.66. The molecule has 0 aromatic carbocycles. The summed E-state index contributed by atoms with van der Waals surface area (Å²) in [5.74, 6) is 1.94. The van der Waals surface area contributed by atoms with Crippen LogP contribution in [0.4, 0.5) is 0 Å². The van der Waals surface area contributed by atoms with E-state index in [1.54, 1.807) is 0 Å². The van der Waals surface area contributed by atoms with Crippen molar-refractivity contribution in [3.8, 4) is 0 Å². The number of amides is 1. The average molecular weight is 269 g/mol. The van der Waals surface area contributed by atoms with Crippen molar-refractivity contribution >= 4 is 17.7 Å². The van der Waals surface area contributed by atoms with Gasteiger partial charge in [0.05, 0.1) is 0 Å². The van der Waals surface area contributed by atoms with E-state index in [9.17, 15) is 4.79 Å². The zero-order valence-corrected chi connectivity index (χ0v) is 12.9. The van der Waals surface area contributed by atoms with Crippen molar-refractivity contribution < 1.29 is 4.79 Å². The van der Waals surface area contributed by atoms with Gasteiger partial charge in [0.2, 0.25) is 5.91 Å². The van der Waals surface area contributed by atoms with Crippen LogP contribution in [0.2, 0.25) is 0 Å². The number of hydrogen-bond donors (Lipinski definition) is 0. The predicted octanol–water partition coefficient (Wildman–Crippen LogP) is 3.70. The van der Waals surface area contributed by atoms with Crippen LogP contribution in [0.5, 0.6) is 0 Å². The summed E-state index contributed by atoms with van der Waals surface area (Å²) >= 11 is 2.00. The fourth-order valence-corrected chi connectivity index (χ4v) is 3.74. The smallest absolute Gasteiger partial charge is 0.225 e. The Balaban J connectivity index is 1.90. The Bertz CT molecular complexity index is 293. The first-order chi connectivity index (χ1) is 8.47. The fourth-order valence-electron chi connectivity index (χ4n) is 2.70. The van der Waals surface area contributed by atoms with E-state index in [4.69, 9.17) is 0 Å². The van der Waals surface area contributed by atoms with E-state index in [1.807, 2.05) is 11.8 Å². The van der Waals surface area contributed by atoms with E-state index in [2.05, 4.69) is 25.7 Å². The summed E-state index contributed by atoms with van der Waals surface area (Å²) in [6.07, 6.45) is 7.23. The average Bonchev–Trinajstić information content (AvgIpc) is 2.23. The highest BCUT2D eigenvalue weighted by molar-refractivity contribution is 8.00. The maximum atomic E-state index is 12.4. The van der Waals surface area contributed by atoms with Crippen molar-refractivity contribution in [2.24, 2.45) is 5.92 Å². The lowest BCUT2D eigenvalue weighted by Crippen LogP contribution is -2.49. The molecule has 1 saturated carbocycles. The number of hydrogen-bond acceptors (Lipinski definition) is 2. The molecule has 1 aliphatic heterocycles. The Labute approximate surface area is 116 Å². The Hall–Kier alpha value is -0.180. The highest BCUT2D eigenvalue weighted by atomic mass is 32.2. The van der Waals surface area contributed by atoms with Gasteiger partial charge in [0.15, 0.2) is 0 Å². The van der Waals surface area contributed by atoms with Crippen LogP contribution < -0.4 is 0 Å². The molecule has 0 spiro atoms. The number of nitrogens with zero attached hydrogens (tertiary/aromatic N) is 1. The Morgan fingerprint density at radius 3 is 2.44 bits per heavy atom. The van der Waals surface area contributed by atoms with Crippen molar-refractivity contribution in [1.82, 2.24) is 4.90 Å². The maximum Gasteiger partial charge on any atom is 0.225 e. The second-order valence-electron chi connectivity index (χ2n) is 6.73. The normalized spacial score (nSPS) is 25.9. The van der Waals surface area contributed by atoms with Crippen LogP contribution in [0.25, 0.3) is 0 Å². The highest BCUT2D eigenvalue weighted by Gasteiger charge is 2.34. The quantitative estimate of drug-likeness (QED) is 0.778. The molecule has 0 N–H and O–H groups in total. The minimum Gasteiger partial charge on any atom is -0.339 e. The standard InChI is InChI=1S/C15H27NOS/c1-15(2,3)18-11-13-9-4-5-10-16(13)14(17)12-7-6-8-12/h12-13H,4-11H2,1-3H3/t13-/m1/s1. The lowest BCUT2D eigenvalue weighted by Gasteiger charge is -2.40. The predicted molar refractivity (Wildman–Crippen MR) is 78.9 cm³/mol. The molecule has 1 saturated heterocycles. The van der Waals surface area contributed by atoms with Crippen LogP contribution >= 0.6 is 11.8 Å². The number of piperidine rings is 1. The summed E-state index contributed by atoms with van der Waals surface area (Å²) in [4.78, 5) is 14.6. The van der Waals surface area contributed by atoms with E-state index < -0.39 is 0 Å². The second kappa shape index (κ2) is 5.85. The van der Waals surface area contributed by atoms with Crippen LogP contribution in [0, 0.1) is 5.92 Å². The van der Waals surface area contributed by atoms with Gasteiger partial charge in [-0.05, 0) is 32.1 Å². The molecule has 0 bridgehead atoms. The van der Waals surface area contributed by atoms with E-state index >= 15 is 0 Å². The van der Waals surface area contributed by atoms with Gasteiger partial charge >= 0.3 is 0 Å². The summed E-state index contributed by atoms with van der Waals surface area (Å²) < 4.78 is 0.308. The molecule has 0 radical (unpaired) electrons. The Kier molecular flexibility index (Phi) is 4.63. The molecule has 0 unspecified atom stereocenters. The van der Waals surface area contributed by atoms with Gasteiger partial charge in [-0.15, -0.1) is 0 Å². The molecule has 1 amide bonds. The molecule has 2 fully saturated rings. The minimum atomic E-state index is 0.308. The van der Waals surface area contributed by atoms with Crippen LogP contribution in [-0.2, 0) is 4.79 Å². The molecule has 3 heteroatoms. The van der Waals surface area contributed by atoms with Gasteiger partial charge in [-0.25, -0.2) is 0 Å². The van der Waals surface area contributed by atoms with E-state index in [1.165, 1.54) is 25.7 Å². The zero-order chi connectivity index (χ0) is 13.2. The van der Waals surface area contributed by atoms with Gasteiger partial charge < -0.3 is 4.90 Å². The lowest BCUT2D eigenvalue weighted by atomic mass is 9.83. The molecule has 104 valence electrons. The number of carbonyl (C=O) groups is 1. The summed E-state index contributed by atoms with van der Waals surface area (Å²) in [6.45, 7) is 7.79.